The molecule has 0 aromatic heterocycles. The van der Waals surface area contributed by atoms with Gasteiger partial charge in [-0.25, -0.2) is 4.79 Å². The predicted molar refractivity (Wildman–Crippen MR) is 123 cm³/mol. The number of nitriles is 1. The molecule has 162 valence electrons. The molecule has 1 saturated heterocycles. The first-order valence-corrected chi connectivity index (χ1v) is 9.71. The number of carboxylic acids is 1. The highest BCUT2D eigenvalue weighted by Crippen LogP contribution is 2.24. The number of hydrogen-bond donors (Lipinski definition) is 2. The van der Waals surface area contributed by atoms with Crippen LogP contribution in [0.5, 0.6) is 0 Å². The van der Waals surface area contributed by atoms with Crippen LogP contribution in [0.15, 0.2) is 54.2 Å². The SMILES string of the molecule is Cc1cccc(N2CCN(/C=C(/C#N)C(=O)Nc3ccc(C(=O)O)cc3)CC2)c1C.Cl. The van der Waals surface area contributed by atoms with Crippen LogP contribution in [0.25, 0.3) is 0 Å². The molecule has 0 bridgehead atoms. The summed E-state index contributed by atoms with van der Waals surface area (Å²) in [5.74, 6) is -1.55. The van der Waals surface area contributed by atoms with Gasteiger partial charge in [-0.05, 0) is 55.3 Å². The van der Waals surface area contributed by atoms with Crippen LogP contribution in [-0.2, 0) is 4.79 Å². The zero-order valence-electron chi connectivity index (χ0n) is 17.5. The first-order chi connectivity index (χ1) is 14.4. The number of hydrogen-bond acceptors (Lipinski definition) is 5. The molecule has 8 heteroatoms. The van der Waals surface area contributed by atoms with Crippen molar-refractivity contribution >= 4 is 35.7 Å². The summed E-state index contributed by atoms with van der Waals surface area (Å²) >= 11 is 0. The average molecular weight is 441 g/mol. The number of benzene rings is 2. The number of aromatic carboxylic acids is 1. The van der Waals surface area contributed by atoms with Gasteiger partial charge in [-0.1, -0.05) is 12.1 Å². The van der Waals surface area contributed by atoms with E-state index in [4.69, 9.17) is 5.11 Å². The van der Waals surface area contributed by atoms with Crippen molar-refractivity contribution in [3.05, 3.63) is 70.9 Å². The van der Waals surface area contributed by atoms with E-state index in [0.717, 1.165) is 13.1 Å². The van der Waals surface area contributed by atoms with Crippen LogP contribution >= 0.6 is 12.4 Å². The molecule has 0 saturated carbocycles. The van der Waals surface area contributed by atoms with E-state index in [2.05, 4.69) is 42.3 Å². The van der Waals surface area contributed by atoms with Crippen molar-refractivity contribution in [1.82, 2.24) is 4.90 Å². The highest BCUT2D eigenvalue weighted by molar-refractivity contribution is 6.06. The molecule has 0 unspecified atom stereocenters. The van der Waals surface area contributed by atoms with Crippen molar-refractivity contribution in [2.24, 2.45) is 0 Å². The van der Waals surface area contributed by atoms with Gasteiger partial charge in [-0.3, -0.25) is 4.79 Å². The minimum absolute atomic E-state index is 0. The van der Waals surface area contributed by atoms with E-state index in [1.807, 2.05) is 11.0 Å². The molecule has 2 aromatic carbocycles. The Morgan fingerprint density at radius 1 is 1.06 bits per heavy atom. The molecule has 3 rings (SSSR count). The zero-order chi connectivity index (χ0) is 21.7. The average Bonchev–Trinajstić information content (AvgIpc) is 2.75. The molecule has 0 spiro atoms. The smallest absolute Gasteiger partial charge is 0.335 e. The van der Waals surface area contributed by atoms with Crippen molar-refractivity contribution < 1.29 is 14.7 Å². The second kappa shape index (κ2) is 10.5. The first kappa shape index (κ1) is 23.8. The molecule has 1 heterocycles. The van der Waals surface area contributed by atoms with Gasteiger partial charge in [0, 0.05) is 43.8 Å². The lowest BCUT2D eigenvalue weighted by Crippen LogP contribution is -2.44. The Hall–Kier alpha value is -3.50. The molecule has 0 aliphatic carbocycles. The zero-order valence-corrected chi connectivity index (χ0v) is 18.3. The lowest BCUT2D eigenvalue weighted by atomic mass is 10.1. The Labute approximate surface area is 188 Å². The topological polar surface area (TPSA) is 96.7 Å². The Balaban J connectivity index is 0.00000341. The lowest BCUT2D eigenvalue weighted by molar-refractivity contribution is -0.112. The Kier molecular flexibility index (Phi) is 8.06. The van der Waals surface area contributed by atoms with Crippen molar-refractivity contribution in [2.45, 2.75) is 13.8 Å². The summed E-state index contributed by atoms with van der Waals surface area (Å²) in [5.41, 5.74) is 4.33. The molecular weight excluding hydrogens is 416 g/mol. The summed E-state index contributed by atoms with van der Waals surface area (Å²) in [6.45, 7) is 7.25. The minimum Gasteiger partial charge on any atom is -0.478 e. The molecule has 1 amide bonds. The normalized spacial score (nSPS) is 13.8. The van der Waals surface area contributed by atoms with E-state index in [9.17, 15) is 14.9 Å². The van der Waals surface area contributed by atoms with Crippen LogP contribution in [0, 0.1) is 25.2 Å². The number of halogens is 1. The highest BCUT2D eigenvalue weighted by atomic mass is 35.5. The van der Waals surface area contributed by atoms with Crippen molar-refractivity contribution in [2.75, 3.05) is 36.4 Å². The fourth-order valence-corrected chi connectivity index (χ4v) is 3.39. The Morgan fingerprint density at radius 3 is 2.29 bits per heavy atom. The number of nitrogens with zero attached hydrogens (tertiary/aromatic N) is 3. The van der Waals surface area contributed by atoms with Crippen LogP contribution in [0.2, 0.25) is 0 Å². The molecule has 2 aromatic rings. The Bertz CT molecular complexity index is 1020. The minimum atomic E-state index is -1.04. The first-order valence-electron chi connectivity index (χ1n) is 9.71. The largest absolute Gasteiger partial charge is 0.478 e. The summed E-state index contributed by atoms with van der Waals surface area (Å²) in [7, 11) is 0. The van der Waals surface area contributed by atoms with Crippen LogP contribution < -0.4 is 10.2 Å². The standard InChI is InChI=1S/C23H24N4O3.ClH/c1-16-4-3-5-21(17(16)2)27-12-10-26(11-13-27)15-19(14-24)22(28)25-20-8-6-18(7-9-20)23(29)30;/h3-9,15H,10-13H2,1-2H3,(H,25,28)(H,29,30);1H/b19-15-;. The number of carbonyl (C=O) groups is 2. The number of amides is 1. The second-order valence-corrected chi connectivity index (χ2v) is 7.23. The van der Waals surface area contributed by atoms with E-state index in [1.54, 1.807) is 6.20 Å². The molecule has 0 atom stereocenters. The summed E-state index contributed by atoms with van der Waals surface area (Å²) in [6.07, 6.45) is 1.60. The number of rotatable bonds is 5. The molecule has 1 aliphatic heterocycles. The van der Waals surface area contributed by atoms with Crippen LogP contribution in [0.1, 0.15) is 21.5 Å². The van der Waals surface area contributed by atoms with Crippen molar-refractivity contribution in [3.8, 4) is 6.07 Å². The number of aryl methyl sites for hydroxylation is 1. The number of carbonyl (C=O) groups excluding carboxylic acids is 1. The lowest BCUT2D eigenvalue weighted by Gasteiger charge is -2.36. The molecular formula is C23H25ClN4O3. The molecule has 0 radical (unpaired) electrons. The summed E-state index contributed by atoms with van der Waals surface area (Å²) in [5, 5.41) is 21.0. The molecule has 1 aliphatic rings. The van der Waals surface area contributed by atoms with Crippen LogP contribution in [0.3, 0.4) is 0 Å². The number of nitrogens with one attached hydrogen (secondary N) is 1. The maximum Gasteiger partial charge on any atom is 0.335 e. The van der Waals surface area contributed by atoms with E-state index >= 15 is 0 Å². The predicted octanol–water partition coefficient (Wildman–Crippen LogP) is 3.59. The van der Waals surface area contributed by atoms with Crippen LogP contribution in [0.4, 0.5) is 11.4 Å². The fraction of sp³-hybridized carbons (Fsp3) is 0.261. The monoisotopic (exact) mass is 440 g/mol. The highest BCUT2D eigenvalue weighted by Gasteiger charge is 2.19. The van der Waals surface area contributed by atoms with Crippen molar-refractivity contribution in [3.63, 3.8) is 0 Å². The third-order valence-corrected chi connectivity index (χ3v) is 5.30. The summed E-state index contributed by atoms with van der Waals surface area (Å²) in [4.78, 5) is 27.7. The molecule has 1 fully saturated rings. The molecule has 2 N–H and O–H groups in total. The van der Waals surface area contributed by atoms with Crippen LogP contribution in [-0.4, -0.2) is 48.1 Å². The Morgan fingerprint density at radius 2 is 1.71 bits per heavy atom. The maximum atomic E-state index is 12.4. The van der Waals surface area contributed by atoms with Gasteiger partial charge >= 0.3 is 5.97 Å². The van der Waals surface area contributed by atoms with Gasteiger partial charge in [0.25, 0.3) is 5.91 Å². The maximum absolute atomic E-state index is 12.4. The van der Waals surface area contributed by atoms with Crippen molar-refractivity contribution in [1.29, 1.82) is 5.26 Å². The summed E-state index contributed by atoms with van der Waals surface area (Å²) < 4.78 is 0. The van der Waals surface area contributed by atoms with Gasteiger partial charge < -0.3 is 20.2 Å². The third kappa shape index (κ3) is 5.77. The number of carboxylic acid groups (broad SMARTS) is 1. The van der Waals surface area contributed by atoms with Gasteiger partial charge in [0.15, 0.2) is 0 Å². The van der Waals surface area contributed by atoms with Gasteiger partial charge in [0.05, 0.1) is 5.56 Å². The third-order valence-electron chi connectivity index (χ3n) is 5.30. The molecule has 31 heavy (non-hydrogen) atoms. The quantitative estimate of drug-likeness (QED) is 0.544. The van der Waals surface area contributed by atoms with E-state index in [0.29, 0.717) is 18.8 Å². The van der Waals surface area contributed by atoms with Gasteiger partial charge in [0.1, 0.15) is 11.6 Å². The molecule has 7 nitrogen and oxygen atoms in total. The van der Waals surface area contributed by atoms with Gasteiger partial charge in [-0.2, -0.15) is 5.26 Å². The number of piperazine rings is 1. The fourth-order valence-electron chi connectivity index (χ4n) is 3.39. The number of anilines is 2. The van der Waals surface area contributed by atoms with E-state index in [1.165, 1.54) is 41.1 Å². The van der Waals surface area contributed by atoms with E-state index in [-0.39, 0.29) is 23.5 Å². The summed E-state index contributed by atoms with van der Waals surface area (Å²) in [6, 6.07) is 14.0. The van der Waals surface area contributed by atoms with E-state index < -0.39 is 11.9 Å². The second-order valence-electron chi connectivity index (χ2n) is 7.23. The van der Waals surface area contributed by atoms with Gasteiger partial charge in [-0.15, -0.1) is 12.4 Å². The van der Waals surface area contributed by atoms with Gasteiger partial charge in [0.2, 0.25) is 0 Å².